The molecule has 0 amide bonds. The molecular weight excluding hydrogens is 160 g/mol. The maximum absolute atomic E-state index is 5.84. The summed E-state index contributed by atoms with van der Waals surface area (Å²) in [6.07, 6.45) is 6.47. The molecule has 1 aliphatic rings. The lowest BCUT2D eigenvalue weighted by molar-refractivity contribution is 0.190. The molecule has 0 saturated heterocycles. The Morgan fingerprint density at radius 1 is 1.36 bits per heavy atom. The molecular formula is C9H17ClO. The van der Waals surface area contributed by atoms with E-state index in [2.05, 4.69) is 0 Å². The summed E-state index contributed by atoms with van der Waals surface area (Å²) in [6.45, 7) is 0.901. The molecule has 0 aromatic carbocycles. The maximum Gasteiger partial charge on any atom is 0.0462 e. The van der Waals surface area contributed by atoms with Crippen molar-refractivity contribution in [2.24, 2.45) is 5.41 Å². The first-order valence-electron chi connectivity index (χ1n) is 4.38. The van der Waals surface area contributed by atoms with Crippen LogP contribution in [0.15, 0.2) is 0 Å². The second-order valence-corrected chi connectivity index (χ2v) is 3.85. The van der Waals surface area contributed by atoms with Crippen LogP contribution in [0.25, 0.3) is 0 Å². The van der Waals surface area contributed by atoms with E-state index >= 15 is 0 Å². The Kier molecular flexibility index (Phi) is 3.67. The highest BCUT2D eigenvalue weighted by molar-refractivity contribution is 6.18. The van der Waals surface area contributed by atoms with Crippen molar-refractivity contribution in [3.8, 4) is 0 Å². The Morgan fingerprint density at radius 2 is 2.09 bits per heavy atom. The fourth-order valence-electron chi connectivity index (χ4n) is 1.37. The molecule has 1 aliphatic carbocycles. The van der Waals surface area contributed by atoms with Gasteiger partial charge in [-0.2, -0.15) is 0 Å². The fourth-order valence-corrected chi connectivity index (χ4v) is 1.77. The third-order valence-corrected chi connectivity index (χ3v) is 3.11. The van der Waals surface area contributed by atoms with Crippen LogP contribution in [0.4, 0.5) is 0 Å². The molecule has 0 bridgehead atoms. The van der Waals surface area contributed by atoms with Crippen LogP contribution in [0.3, 0.4) is 0 Å². The molecule has 0 spiro atoms. The number of hydrogen-bond donors (Lipinski definition) is 0. The smallest absolute Gasteiger partial charge is 0.0462 e. The van der Waals surface area contributed by atoms with Crippen LogP contribution in [0.1, 0.15) is 32.1 Å². The van der Waals surface area contributed by atoms with Crippen molar-refractivity contribution in [2.75, 3.05) is 19.6 Å². The molecule has 0 heterocycles. The highest BCUT2D eigenvalue weighted by Crippen LogP contribution is 2.50. The fraction of sp³-hybridized carbons (Fsp3) is 1.00. The van der Waals surface area contributed by atoms with Gasteiger partial charge in [-0.1, -0.05) is 6.42 Å². The first kappa shape index (κ1) is 9.34. The summed E-state index contributed by atoms with van der Waals surface area (Å²) in [6, 6.07) is 0. The summed E-state index contributed by atoms with van der Waals surface area (Å²) in [5.74, 6) is 0.861. The van der Waals surface area contributed by atoms with E-state index in [0.717, 1.165) is 12.5 Å². The van der Waals surface area contributed by atoms with Crippen LogP contribution in [-0.4, -0.2) is 19.6 Å². The van der Waals surface area contributed by atoms with Gasteiger partial charge < -0.3 is 4.74 Å². The molecule has 0 aliphatic heterocycles. The molecule has 0 unspecified atom stereocenters. The number of ether oxygens (including phenoxy) is 1. The van der Waals surface area contributed by atoms with Gasteiger partial charge in [0.2, 0.25) is 0 Å². The van der Waals surface area contributed by atoms with E-state index in [1.165, 1.54) is 32.1 Å². The molecule has 0 atom stereocenters. The van der Waals surface area contributed by atoms with Gasteiger partial charge in [-0.15, -0.1) is 11.6 Å². The van der Waals surface area contributed by atoms with Gasteiger partial charge >= 0.3 is 0 Å². The van der Waals surface area contributed by atoms with Crippen molar-refractivity contribution in [3.05, 3.63) is 0 Å². The molecule has 2 heteroatoms. The Balaban J connectivity index is 1.94. The molecule has 0 aromatic rings. The summed E-state index contributed by atoms with van der Waals surface area (Å²) < 4.78 is 4.98. The van der Waals surface area contributed by atoms with Crippen LogP contribution in [0.2, 0.25) is 0 Å². The van der Waals surface area contributed by atoms with Gasteiger partial charge in [0.05, 0.1) is 0 Å². The van der Waals surface area contributed by atoms with Crippen LogP contribution in [0.5, 0.6) is 0 Å². The van der Waals surface area contributed by atoms with Crippen molar-refractivity contribution in [2.45, 2.75) is 32.1 Å². The Labute approximate surface area is 74.1 Å². The summed E-state index contributed by atoms with van der Waals surface area (Å²) in [4.78, 5) is 0. The van der Waals surface area contributed by atoms with Gasteiger partial charge in [0, 0.05) is 19.6 Å². The number of alkyl halides is 1. The Morgan fingerprint density at radius 3 is 2.55 bits per heavy atom. The van der Waals surface area contributed by atoms with Crippen LogP contribution >= 0.6 is 11.6 Å². The first-order chi connectivity index (χ1) is 5.33. The van der Waals surface area contributed by atoms with Crippen LogP contribution < -0.4 is 0 Å². The van der Waals surface area contributed by atoms with Crippen molar-refractivity contribution in [1.82, 2.24) is 0 Å². The summed E-state index contributed by atoms with van der Waals surface area (Å²) in [5, 5.41) is 0. The standard InChI is InChI=1S/C9H17ClO/c1-11-7-3-2-4-9(8-10)5-6-9/h2-8H2,1H3. The second-order valence-electron chi connectivity index (χ2n) is 3.58. The van der Waals surface area contributed by atoms with E-state index in [1.54, 1.807) is 7.11 Å². The molecule has 1 rings (SSSR count). The third-order valence-electron chi connectivity index (χ3n) is 2.55. The third kappa shape index (κ3) is 3.00. The van der Waals surface area contributed by atoms with E-state index in [4.69, 9.17) is 16.3 Å². The molecule has 1 nitrogen and oxygen atoms in total. The quantitative estimate of drug-likeness (QED) is 0.447. The lowest BCUT2D eigenvalue weighted by atomic mass is 10.0. The minimum Gasteiger partial charge on any atom is -0.385 e. The molecule has 1 saturated carbocycles. The van der Waals surface area contributed by atoms with Gasteiger partial charge in [-0.3, -0.25) is 0 Å². The SMILES string of the molecule is COCCCCC1(CCl)CC1. The maximum atomic E-state index is 5.84. The number of rotatable bonds is 6. The number of methoxy groups -OCH3 is 1. The van der Waals surface area contributed by atoms with Gasteiger partial charge in [0.15, 0.2) is 0 Å². The van der Waals surface area contributed by atoms with Gasteiger partial charge in [-0.25, -0.2) is 0 Å². The van der Waals surface area contributed by atoms with Crippen molar-refractivity contribution >= 4 is 11.6 Å². The molecule has 0 radical (unpaired) electrons. The minimum absolute atomic E-state index is 0.551. The van der Waals surface area contributed by atoms with E-state index < -0.39 is 0 Å². The predicted molar refractivity (Wildman–Crippen MR) is 48.1 cm³/mol. The van der Waals surface area contributed by atoms with E-state index in [0.29, 0.717) is 5.41 Å². The van der Waals surface area contributed by atoms with Crippen molar-refractivity contribution in [3.63, 3.8) is 0 Å². The highest BCUT2D eigenvalue weighted by atomic mass is 35.5. The van der Waals surface area contributed by atoms with Crippen molar-refractivity contribution < 1.29 is 4.74 Å². The van der Waals surface area contributed by atoms with Gasteiger partial charge in [-0.05, 0) is 31.1 Å². The highest BCUT2D eigenvalue weighted by Gasteiger charge is 2.40. The van der Waals surface area contributed by atoms with Crippen molar-refractivity contribution in [1.29, 1.82) is 0 Å². The number of hydrogen-bond acceptors (Lipinski definition) is 1. The lowest BCUT2D eigenvalue weighted by Gasteiger charge is -2.09. The Hall–Kier alpha value is 0.250. The average molecular weight is 177 g/mol. The minimum atomic E-state index is 0.551. The zero-order valence-corrected chi connectivity index (χ0v) is 7.99. The van der Waals surface area contributed by atoms with Gasteiger partial charge in [0.25, 0.3) is 0 Å². The van der Waals surface area contributed by atoms with E-state index in [1.807, 2.05) is 0 Å². The average Bonchev–Trinajstić information content (AvgIpc) is 2.80. The zero-order valence-electron chi connectivity index (χ0n) is 7.24. The zero-order chi connectivity index (χ0) is 8.16. The lowest BCUT2D eigenvalue weighted by Crippen LogP contribution is -2.02. The first-order valence-corrected chi connectivity index (χ1v) is 4.91. The van der Waals surface area contributed by atoms with Crippen LogP contribution in [-0.2, 0) is 4.74 Å². The Bertz CT molecular complexity index is 110. The molecule has 1 fully saturated rings. The predicted octanol–water partition coefficient (Wildman–Crippen LogP) is 2.82. The monoisotopic (exact) mass is 176 g/mol. The second kappa shape index (κ2) is 4.32. The number of halogens is 1. The van der Waals surface area contributed by atoms with Gasteiger partial charge in [0.1, 0.15) is 0 Å². The number of unbranched alkanes of at least 4 members (excludes halogenated alkanes) is 1. The summed E-state index contributed by atoms with van der Waals surface area (Å²) in [7, 11) is 1.76. The molecule has 0 aromatic heterocycles. The molecule has 11 heavy (non-hydrogen) atoms. The summed E-state index contributed by atoms with van der Waals surface area (Å²) >= 11 is 5.84. The van der Waals surface area contributed by atoms with Crippen LogP contribution in [0, 0.1) is 5.41 Å². The topological polar surface area (TPSA) is 9.23 Å². The van der Waals surface area contributed by atoms with E-state index in [9.17, 15) is 0 Å². The molecule has 66 valence electrons. The normalized spacial score (nSPS) is 20.2. The largest absolute Gasteiger partial charge is 0.385 e. The summed E-state index contributed by atoms with van der Waals surface area (Å²) in [5.41, 5.74) is 0.551. The van der Waals surface area contributed by atoms with E-state index in [-0.39, 0.29) is 0 Å². The molecule has 0 N–H and O–H groups in total.